The summed E-state index contributed by atoms with van der Waals surface area (Å²) in [5, 5.41) is 0.140. The molecular weight excluding hydrogens is 283 g/mol. The van der Waals surface area contributed by atoms with E-state index in [0.29, 0.717) is 4.47 Å². The zero-order chi connectivity index (χ0) is 10.0. The monoisotopic (exact) mass is 284 g/mol. The highest BCUT2D eigenvalue weighted by Crippen LogP contribution is 2.26. The topological polar surface area (TPSA) is 52.1 Å². The summed E-state index contributed by atoms with van der Waals surface area (Å²) < 4.78 is 4.74. The van der Waals surface area contributed by atoms with E-state index >= 15 is 0 Å². The van der Waals surface area contributed by atoms with Crippen LogP contribution in [-0.4, -0.2) is 23.0 Å². The summed E-state index contributed by atoms with van der Waals surface area (Å²) in [6.07, 6.45) is 0. The van der Waals surface area contributed by atoms with Crippen LogP contribution in [0.25, 0.3) is 0 Å². The first-order valence-electron chi connectivity index (χ1n) is 3.03. The normalized spacial score (nSPS) is 9.85. The number of nitrogens with zero attached hydrogens (tertiary/aromatic N) is 2. The van der Waals surface area contributed by atoms with E-state index in [4.69, 9.17) is 23.2 Å². The van der Waals surface area contributed by atoms with E-state index in [0.717, 1.165) is 0 Å². The Morgan fingerprint density at radius 1 is 1.38 bits per heavy atom. The molecule has 0 radical (unpaired) electrons. The average molecular weight is 286 g/mol. The second-order valence-electron chi connectivity index (χ2n) is 1.93. The smallest absolute Gasteiger partial charge is 0.376 e. The quantitative estimate of drug-likeness (QED) is 0.587. The summed E-state index contributed by atoms with van der Waals surface area (Å²) in [5.41, 5.74) is 0. The highest BCUT2D eigenvalue weighted by atomic mass is 79.9. The maximum absolute atomic E-state index is 10.9. The molecule has 0 aliphatic rings. The third-order valence-electron chi connectivity index (χ3n) is 1.14. The molecule has 7 heteroatoms. The lowest BCUT2D eigenvalue weighted by Gasteiger charge is -2.00. The van der Waals surface area contributed by atoms with Crippen molar-refractivity contribution in [1.29, 1.82) is 0 Å². The van der Waals surface area contributed by atoms with Crippen LogP contribution in [-0.2, 0) is 4.74 Å². The van der Waals surface area contributed by atoms with Gasteiger partial charge in [0.1, 0.15) is 10.3 Å². The Hall–Kier alpha value is -0.390. The number of esters is 1. The molecule has 1 heterocycles. The summed E-state index contributed by atoms with van der Waals surface area (Å²) in [4.78, 5) is 18.3. The third kappa shape index (κ3) is 2.30. The van der Waals surface area contributed by atoms with Crippen LogP contribution in [0.2, 0.25) is 10.3 Å². The van der Waals surface area contributed by atoms with E-state index in [1.807, 2.05) is 0 Å². The van der Waals surface area contributed by atoms with Crippen molar-refractivity contribution in [2.24, 2.45) is 0 Å². The molecule has 70 valence electrons. The van der Waals surface area contributed by atoms with Crippen molar-refractivity contribution in [3.05, 3.63) is 20.6 Å². The second kappa shape index (κ2) is 4.21. The number of halogens is 3. The van der Waals surface area contributed by atoms with Crippen molar-refractivity contribution >= 4 is 45.1 Å². The summed E-state index contributed by atoms with van der Waals surface area (Å²) in [5.74, 6) is -0.850. The molecule has 0 unspecified atom stereocenters. The highest BCUT2D eigenvalue weighted by molar-refractivity contribution is 9.10. The maximum Gasteiger partial charge on any atom is 0.376 e. The van der Waals surface area contributed by atoms with Crippen molar-refractivity contribution in [2.75, 3.05) is 7.11 Å². The minimum atomic E-state index is -0.684. The van der Waals surface area contributed by atoms with E-state index < -0.39 is 5.97 Å². The molecule has 0 aromatic carbocycles. The van der Waals surface area contributed by atoms with Gasteiger partial charge in [-0.3, -0.25) is 0 Å². The van der Waals surface area contributed by atoms with Gasteiger partial charge >= 0.3 is 5.97 Å². The molecule has 0 saturated carbocycles. The van der Waals surface area contributed by atoms with Crippen molar-refractivity contribution in [3.8, 4) is 0 Å². The summed E-state index contributed by atoms with van der Waals surface area (Å²) in [6.45, 7) is 0. The van der Waals surface area contributed by atoms with E-state index in [9.17, 15) is 4.79 Å². The molecule has 0 fully saturated rings. The number of methoxy groups -OCH3 is 1. The predicted octanol–water partition coefficient (Wildman–Crippen LogP) is 2.33. The van der Waals surface area contributed by atoms with Gasteiger partial charge in [-0.05, 0) is 15.9 Å². The Balaban J connectivity index is 3.20. The fourth-order valence-corrected chi connectivity index (χ4v) is 1.14. The molecule has 13 heavy (non-hydrogen) atoms. The highest BCUT2D eigenvalue weighted by Gasteiger charge is 2.14. The first kappa shape index (κ1) is 10.7. The lowest BCUT2D eigenvalue weighted by Crippen LogP contribution is -2.07. The van der Waals surface area contributed by atoms with E-state index in [2.05, 4.69) is 30.6 Å². The lowest BCUT2D eigenvalue weighted by atomic mass is 10.5. The minimum absolute atomic E-state index is 0.0698. The minimum Gasteiger partial charge on any atom is -0.463 e. The third-order valence-corrected chi connectivity index (χ3v) is 2.89. The Kier molecular flexibility index (Phi) is 3.47. The standard InChI is InChI=1S/C6H3BrCl2N2O2/c1-13-6(12)5-10-3(8)2(7)4(9)11-5/h1H3. The molecule has 0 aliphatic carbocycles. The molecule has 0 amide bonds. The lowest BCUT2D eigenvalue weighted by molar-refractivity contribution is 0.0586. The molecule has 0 saturated heterocycles. The summed E-state index contributed by atoms with van der Waals surface area (Å²) >= 11 is 14.3. The Morgan fingerprint density at radius 2 is 1.85 bits per heavy atom. The molecule has 1 rings (SSSR count). The molecule has 0 atom stereocenters. The Bertz CT molecular complexity index is 335. The van der Waals surface area contributed by atoms with E-state index in [1.165, 1.54) is 7.11 Å². The van der Waals surface area contributed by atoms with Gasteiger partial charge in [-0.25, -0.2) is 14.8 Å². The molecule has 0 aliphatic heterocycles. The number of ether oxygens (including phenoxy) is 1. The fraction of sp³-hybridized carbons (Fsp3) is 0.167. The molecular formula is C6H3BrCl2N2O2. The van der Waals surface area contributed by atoms with Crippen LogP contribution in [0.1, 0.15) is 10.6 Å². The van der Waals surface area contributed by atoms with Crippen LogP contribution in [0.15, 0.2) is 4.47 Å². The average Bonchev–Trinajstić information content (AvgIpc) is 2.12. The van der Waals surface area contributed by atoms with Gasteiger partial charge < -0.3 is 4.74 Å². The van der Waals surface area contributed by atoms with Crippen LogP contribution in [0.4, 0.5) is 0 Å². The summed E-state index contributed by atoms with van der Waals surface area (Å²) in [6, 6.07) is 0. The first-order valence-corrected chi connectivity index (χ1v) is 4.58. The first-order chi connectivity index (χ1) is 6.06. The number of rotatable bonds is 1. The van der Waals surface area contributed by atoms with Crippen molar-refractivity contribution in [3.63, 3.8) is 0 Å². The largest absolute Gasteiger partial charge is 0.463 e. The maximum atomic E-state index is 10.9. The van der Waals surface area contributed by atoms with E-state index in [-0.39, 0.29) is 16.1 Å². The van der Waals surface area contributed by atoms with Gasteiger partial charge in [0.25, 0.3) is 0 Å². The number of aromatic nitrogens is 2. The SMILES string of the molecule is COC(=O)c1nc(Cl)c(Br)c(Cl)n1. The zero-order valence-corrected chi connectivity index (χ0v) is 9.44. The molecule has 0 spiro atoms. The van der Waals surface area contributed by atoms with Crippen LogP contribution < -0.4 is 0 Å². The van der Waals surface area contributed by atoms with Crippen LogP contribution in [0.5, 0.6) is 0 Å². The molecule has 0 bridgehead atoms. The zero-order valence-electron chi connectivity index (χ0n) is 6.34. The van der Waals surface area contributed by atoms with Crippen molar-refractivity contribution < 1.29 is 9.53 Å². The number of carbonyl (C=O) groups is 1. The van der Waals surface area contributed by atoms with Gasteiger partial charge in [-0.1, -0.05) is 23.2 Å². The number of hydrogen-bond donors (Lipinski definition) is 0. The van der Waals surface area contributed by atoms with Crippen molar-refractivity contribution in [1.82, 2.24) is 9.97 Å². The van der Waals surface area contributed by atoms with Gasteiger partial charge in [-0.15, -0.1) is 0 Å². The second-order valence-corrected chi connectivity index (χ2v) is 3.44. The molecule has 1 aromatic heterocycles. The van der Waals surface area contributed by atoms with Gasteiger partial charge in [0, 0.05) is 0 Å². The van der Waals surface area contributed by atoms with Gasteiger partial charge in [0.15, 0.2) is 0 Å². The van der Waals surface area contributed by atoms with Crippen LogP contribution in [0, 0.1) is 0 Å². The predicted molar refractivity (Wildman–Crippen MR) is 51.1 cm³/mol. The fourth-order valence-electron chi connectivity index (χ4n) is 0.577. The van der Waals surface area contributed by atoms with Gasteiger partial charge in [0.05, 0.1) is 11.6 Å². The Morgan fingerprint density at radius 3 is 2.23 bits per heavy atom. The van der Waals surface area contributed by atoms with Crippen molar-refractivity contribution in [2.45, 2.75) is 0 Å². The number of carbonyl (C=O) groups excluding carboxylic acids is 1. The molecule has 1 aromatic rings. The molecule has 4 nitrogen and oxygen atoms in total. The summed E-state index contributed by atoms with van der Waals surface area (Å²) in [7, 11) is 1.22. The number of hydrogen-bond acceptors (Lipinski definition) is 4. The van der Waals surface area contributed by atoms with Gasteiger partial charge in [0.2, 0.25) is 5.82 Å². The van der Waals surface area contributed by atoms with E-state index in [1.54, 1.807) is 0 Å². The molecule has 0 N–H and O–H groups in total. The van der Waals surface area contributed by atoms with Crippen LogP contribution >= 0.6 is 39.1 Å². The van der Waals surface area contributed by atoms with Crippen LogP contribution in [0.3, 0.4) is 0 Å². The Labute approximate surface area is 92.3 Å². The van der Waals surface area contributed by atoms with Gasteiger partial charge in [-0.2, -0.15) is 0 Å².